The molecule has 14 heavy (non-hydrogen) atoms. The molecule has 82 valence electrons. The zero-order valence-corrected chi connectivity index (χ0v) is 10.6. The Bertz CT molecular complexity index is 166. The van der Waals surface area contributed by atoms with E-state index in [0.717, 1.165) is 5.57 Å². The van der Waals surface area contributed by atoms with E-state index in [1.807, 2.05) is 13.8 Å². The monoisotopic (exact) mass is 194 g/mol. The molecule has 0 heteroatoms. The maximum absolute atomic E-state index is 3.56. The number of hydrogen-bond acceptors (Lipinski definition) is 0. The summed E-state index contributed by atoms with van der Waals surface area (Å²) in [6, 6.07) is 0. The molecule has 0 saturated heterocycles. The average molecular weight is 194 g/mol. The summed E-state index contributed by atoms with van der Waals surface area (Å²) in [4.78, 5) is 0. The third-order valence-corrected chi connectivity index (χ3v) is 0.961. The second-order valence-electron chi connectivity index (χ2n) is 3.15. The summed E-state index contributed by atoms with van der Waals surface area (Å²) in [5, 5.41) is 0. The van der Waals surface area contributed by atoms with E-state index in [0.29, 0.717) is 0 Å². The molecule has 0 nitrogen and oxygen atoms in total. The number of allylic oxidation sites excluding steroid dienone is 5. The summed E-state index contributed by atoms with van der Waals surface area (Å²) in [5.41, 5.74) is 2.43. The fourth-order valence-corrected chi connectivity index (χ4v) is 0.408. The van der Waals surface area contributed by atoms with Gasteiger partial charge in [0, 0.05) is 0 Å². The second kappa shape index (κ2) is 17.9. The fourth-order valence-electron chi connectivity index (χ4n) is 0.408. The predicted molar refractivity (Wildman–Crippen MR) is 70.6 cm³/mol. The van der Waals surface area contributed by atoms with E-state index in [9.17, 15) is 0 Å². The lowest BCUT2D eigenvalue weighted by molar-refractivity contribution is 1.18. The highest BCUT2D eigenvalue weighted by atomic mass is 13.7. The van der Waals surface area contributed by atoms with Gasteiger partial charge in [-0.2, -0.15) is 0 Å². The van der Waals surface area contributed by atoms with Crippen molar-refractivity contribution in [1.82, 2.24) is 0 Å². The van der Waals surface area contributed by atoms with Crippen molar-refractivity contribution < 1.29 is 0 Å². The van der Waals surface area contributed by atoms with Crippen molar-refractivity contribution >= 4 is 0 Å². The van der Waals surface area contributed by atoms with Crippen molar-refractivity contribution in [3.8, 4) is 0 Å². The van der Waals surface area contributed by atoms with E-state index in [1.165, 1.54) is 12.0 Å². The summed E-state index contributed by atoms with van der Waals surface area (Å²) in [6.45, 7) is 20.6. The topological polar surface area (TPSA) is 0 Å². The van der Waals surface area contributed by atoms with Gasteiger partial charge in [0.15, 0.2) is 0 Å². The molecule has 0 saturated carbocycles. The van der Waals surface area contributed by atoms with E-state index < -0.39 is 0 Å². The molecule has 0 aliphatic rings. The molecular formula is C14H26. The van der Waals surface area contributed by atoms with E-state index in [2.05, 4.69) is 46.6 Å². The zero-order valence-electron chi connectivity index (χ0n) is 10.6. The lowest BCUT2D eigenvalue weighted by atomic mass is 10.3. The van der Waals surface area contributed by atoms with E-state index in [4.69, 9.17) is 0 Å². The molecular weight excluding hydrogens is 168 g/mol. The molecule has 0 amide bonds. The van der Waals surface area contributed by atoms with Crippen LogP contribution in [0.3, 0.4) is 0 Å². The molecule has 0 unspecified atom stereocenters. The molecule has 0 aromatic carbocycles. The molecule has 0 aliphatic carbocycles. The highest BCUT2D eigenvalue weighted by Crippen LogP contribution is 1.89. The van der Waals surface area contributed by atoms with Gasteiger partial charge in [-0.05, 0) is 34.1 Å². The maximum atomic E-state index is 3.56. The predicted octanol–water partition coefficient (Wildman–Crippen LogP) is 5.30. The van der Waals surface area contributed by atoms with Gasteiger partial charge in [-0.1, -0.05) is 49.5 Å². The quantitative estimate of drug-likeness (QED) is 0.413. The minimum Gasteiger partial charge on any atom is -0.103 e. The van der Waals surface area contributed by atoms with Gasteiger partial charge in [-0.15, -0.1) is 6.58 Å². The van der Waals surface area contributed by atoms with Crippen molar-refractivity contribution in [1.29, 1.82) is 0 Å². The Labute approximate surface area is 90.7 Å². The summed E-state index contributed by atoms with van der Waals surface area (Å²) in [7, 11) is 0. The van der Waals surface area contributed by atoms with Crippen LogP contribution in [-0.2, 0) is 0 Å². The van der Waals surface area contributed by atoms with Gasteiger partial charge < -0.3 is 0 Å². The SMILES string of the molecule is C=CC.C=CC(=C)C.CCC=C(C)C. The molecule has 0 bridgehead atoms. The minimum absolute atomic E-state index is 1.02. The van der Waals surface area contributed by atoms with Crippen molar-refractivity contribution in [2.24, 2.45) is 0 Å². The van der Waals surface area contributed by atoms with Crippen LogP contribution >= 0.6 is 0 Å². The Balaban J connectivity index is -0.000000138. The summed E-state index contributed by atoms with van der Waals surface area (Å²) in [5.74, 6) is 0. The molecule has 0 spiro atoms. The number of hydrogen-bond donors (Lipinski definition) is 0. The minimum atomic E-state index is 1.02. The van der Waals surface area contributed by atoms with Crippen molar-refractivity contribution in [2.45, 2.75) is 41.0 Å². The highest BCUT2D eigenvalue weighted by Gasteiger charge is 1.67. The highest BCUT2D eigenvalue weighted by molar-refractivity contribution is 5.05. The molecule has 0 aliphatic heterocycles. The molecule has 0 aromatic heterocycles. The van der Waals surface area contributed by atoms with Gasteiger partial charge >= 0.3 is 0 Å². The van der Waals surface area contributed by atoms with Gasteiger partial charge in [-0.25, -0.2) is 0 Å². The van der Waals surface area contributed by atoms with Crippen molar-refractivity contribution in [3.05, 3.63) is 49.1 Å². The van der Waals surface area contributed by atoms with Crippen LogP contribution in [0.2, 0.25) is 0 Å². The van der Waals surface area contributed by atoms with E-state index in [-0.39, 0.29) is 0 Å². The third-order valence-electron chi connectivity index (χ3n) is 0.961. The Morgan fingerprint density at radius 2 is 1.43 bits per heavy atom. The van der Waals surface area contributed by atoms with E-state index >= 15 is 0 Å². The largest absolute Gasteiger partial charge is 0.103 e. The third kappa shape index (κ3) is 69.3. The zero-order chi connectivity index (χ0) is 12.0. The maximum Gasteiger partial charge on any atom is -0.0377 e. The number of rotatable bonds is 2. The Morgan fingerprint density at radius 3 is 1.43 bits per heavy atom. The molecule has 0 radical (unpaired) electrons. The smallest absolute Gasteiger partial charge is 0.0377 e. The standard InChI is InChI=1S/C6H12.C5H8.C3H6/c1-4-5-6(2)3;1-4-5(2)3;1-3-2/h5H,4H2,1-3H3;4H,1-2H2,3H3;3H,1H2,2H3. The van der Waals surface area contributed by atoms with Crippen molar-refractivity contribution in [3.63, 3.8) is 0 Å². The molecule has 0 N–H and O–H groups in total. The van der Waals surface area contributed by atoms with Crippen LogP contribution in [0.15, 0.2) is 49.1 Å². The van der Waals surface area contributed by atoms with Crippen LogP contribution in [0.25, 0.3) is 0 Å². The summed E-state index contributed by atoms with van der Waals surface area (Å²) in [6.07, 6.45) is 6.85. The van der Waals surface area contributed by atoms with Gasteiger partial charge in [0.05, 0.1) is 0 Å². The van der Waals surface area contributed by atoms with Gasteiger partial charge in [0.2, 0.25) is 0 Å². The van der Waals surface area contributed by atoms with Gasteiger partial charge in [0.25, 0.3) is 0 Å². The van der Waals surface area contributed by atoms with Crippen LogP contribution in [0.5, 0.6) is 0 Å². The lowest BCUT2D eigenvalue weighted by Gasteiger charge is -1.80. The summed E-state index contributed by atoms with van der Waals surface area (Å²) < 4.78 is 0. The van der Waals surface area contributed by atoms with E-state index in [1.54, 1.807) is 12.2 Å². The van der Waals surface area contributed by atoms with Crippen LogP contribution in [0.1, 0.15) is 41.0 Å². The van der Waals surface area contributed by atoms with Crippen molar-refractivity contribution in [2.75, 3.05) is 0 Å². The lowest BCUT2D eigenvalue weighted by Crippen LogP contribution is -1.58. The Morgan fingerprint density at radius 1 is 1.14 bits per heavy atom. The molecule has 0 rings (SSSR count). The second-order valence-corrected chi connectivity index (χ2v) is 3.15. The van der Waals surface area contributed by atoms with Gasteiger partial charge in [-0.3, -0.25) is 0 Å². The Kier molecular flexibility index (Phi) is 23.9. The van der Waals surface area contributed by atoms with Gasteiger partial charge in [0.1, 0.15) is 0 Å². The molecule has 0 fully saturated rings. The van der Waals surface area contributed by atoms with Crippen LogP contribution in [0, 0.1) is 0 Å². The fraction of sp³-hybridized carbons (Fsp3) is 0.429. The van der Waals surface area contributed by atoms with Crippen LogP contribution < -0.4 is 0 Å². The first kappa shape index (κ1) is 18.7. The molecule has 0 heterocycles. The molecule has 0 aromatic rings. The average Bonchev–Trinajstić information content (AvgIpc) is 2.06. The van der Waals surface area contributed by atoms with Crippen LogP contribution in [0.4, 0.5) is 0 Å². The first-order chi connectivity index (χ1) is 6.45. The normalized spacial score (nSPS) is 6.64. The first-order valence-electron chi connectivity index (χ1n) is 4.94. The Hall–Kier alpha value is -1.04. The van der Waals surface area contributed by atoms with Crippen LogP contribution in [-0.4, -0.2) is 0 Å². The summed E-state index contributed by atoms with van der Waals surface area (Å²) >= 11 is 0. The first-order valence-corrected chi connectivity index (χ1v) is 4.94. The molecule has 0 atom stereocenters.